The first-order valence-corrected chi connectivity index (χ1v) is 12.4. The molecular formula is C25H24ClN3O3S. The lowest BCUT2D eigenvalue weighted by atomic mass is 10.1. The maximum absolute atomic E-state index is 13.5. The van der Waals surface area contributed by atoms with Gasteiger partial charge in [0.25, 0.3) is 10.0 Å². The molecule has 0 bridgehead atoms. The van der Waals surface area contributed by atoms with Gasteiger partial charge in [-0.2, -0.15) is 8.42 Å². The normalized spacial score (nSPS) is 15.8. The van der Waals surface area contributed by atoms with Gasteiger partial charge in [-0.05, 0) is 55.3 Å². The van der Waals surface area contributed by atoms with Gasteiger partial charge in [-0.25, -0.2) is 9.69 Å². The van der Waals surface area contributed by atoms with Crippen LogP contribution in [0.2, 0.25) is 5.02 Å². The molecule has 0 aromatic heterocycles. The predicted octanol–water partition coefficient (Wildman–Crippen LogP) is 5.31. The Morgan fingerprint density at radius 2 is 1.61 bits per heavy atom. The third-order valence-electron chi connectivity index (χ3n) is 5.47. The van der Waals surface area contributed by atoms with Gasteiger partial charge in [-0.15, -0.1) is 4.40 Å². The van der Waals surface area contributed by atoms with Crippen LogP contribution in [0.5, 0.6) is 0 Å². The monoisotopic (exact) mass is 481 g/mol. The second-order valence-corrected chi connectivity index (χ2v) is 9.90. The summed E-state index contributed by atoms with van der Waals surface area (Å²) in [6, 6.07) is 22.8. The molecule has 1 aliphatic heterocycles. The number of carbonyl (C=O) groups excluding carboxylic acids is 1. The van der Waals surface area contributed by atoms with Gasteiger partial charge in [0.1, 0.15) is 5.84 Å². The average Bonchev–Trinajstić information content (AvgIpc) is 2.80. The lowest BCUT2D eigenvalue weighted by Crippen LogP contribution is -2.53. The Kier molecular flexibility index (Phi) is 6.81. The van der Waals surface area contributed by atoms with Crippen molar-refractivity contribution in [3.05, 3.63) is 95.0 Å². The molecule has 8 heteroatoms. The summed E-state index contributed by atoms with van der Waals surface area (Å²) < 4.78 is 30.0. The van der Waals surface area contributed by atoms with Crippen molar-refractivity contribution >= 4 is 39.2 Å². The minimum atomic E-state index is -3.97. The average molecular weight is 482 g/mol. The lowest BCUT2D eigenvalue weighted by Gasteiger charge is -2.36. The van der Waals surface area contributed by atoms with E-state index < -0.39 is 10.0 Å². The van der Waals surface area contributed by atoms with Crippen LogP contribution in [0.25, 0.3) is 0 Å². The highest BCUT2D eigenvalue weighted by Crippen LogP contribution is 2.25. The smallest absolute Gasteiger partial charge is 0.323 e. The van der Waals surface area contributed by atoms with Crippen molar-refractivity contribution in [1.82, 2.24) is 4.90 Å². The maximum atomic E-state index is 13.5. The van der Waals surface area contributed by atoms with E-state index in [1.807, 2.05) is 37.3 Å². The molecule has 0 N–H and O–H groups in total. The van der Waals surface area contributed by atoms with Crippen molar-refractivity contribution in [2.45, 2.75) is 24.7 Å². The topological polar surface area (TPSA) is 70.0 Å². The summed E-state index contributed by atoms with van der Waals surface area (Å²) in [6.45, 7) is 2.79. The number of hydrogen-bond donors (Lipinski definition) is 0. The number of hydrogen-bond acceptors (Lipinski definition) is 3. The Balaban J connectivity index is 1.65. The number of sulfonamides is 1. The zero-order valence-electron chi connectivity index (χ0n) is 18.2. The molecule has 33 heavy (non-hydrogen) atoms. The molecular weight excluding hydrogens is 458 g/mol. The van der Waals surface area contributed by atoms with Gasteiger partial charge in [0.05, 0.1) is 10.6 Å². The summed E-state index contributed by atoms with van der Waals surface area (Å²) in [7, 11) is -3.97. The van der Waals surface area contributed by atoms with Crippen molar-refractivity contribution in [2.75, 3.05) is 18.0 Å². The standard InChI is InChI=1S/C25H24ClN3O3S/c1-19-7-13-23(14-8-19)33(31,32)27-24-16-18-28(17-15-20-5-3-2-4-6-20)25(30)29(24)22-11-9-21(26)10-12-22/h2-14H,15-18H2,1H3. The highest BCUT2D eigenvalue weighted by Gasteiger charge is 2.33. The highest BCUT2D eigenvalue weighted by molar-refractivity contribution is 7.90. The first-order valence-electron chi connectivity index (χ1n) is 10.6. The van der Waals surface area contributed by atoms with Gasteiger partial charge < -0.3 is 4.90 Å². The zero-order valence-corrected chi connectivity index (χ0v) is 19.8. The number of anilines is 1. The summed E-state index contributed by atoms with van der Waals surface area (Å²) >= 11 is 6.03. The van der Waals surface area contributed by atoms with Crippen LogP contribution in [0.3, 0.4) is 0 Å². The van der Waals surface area contributed by atoms with Gasteiger partial charge in [0.15, 0.2) is 0 Å². The number of benzene rings is 3. The molecule has 3 aromatic carbocycles. The molecule has 3 aromatic rings. The van der Waals surface area contributed by atoms with E-state index >= 15 is 0 Å². The summed E-state index contributed by atoms with van der Waals surface area (Å²) in [4.78, 5) is 16.6. The fourth-order valence-corrected chi connectivity index (χ4v) is 4.81. The largest absolute Gasteiger partial charge is 0.330 e. The van der Waals surface area contributed by atoms with Crippen LogP contribution in [0, 0.1) is 6.92 Å². The fourth-order valence-electron chi connectivity index (χ4n) is 3.65. The fraction of sp³-hybridized carbons (Fsp3) is 0.200. The Hall–Kier alpha value is -3.16. The Morgan fingerprint density at radius 3 is 2.27 bits per heavy atom. The molecule has 170 valence electrons. The quantitative estimate of drug-likeness (QED) is 0.479. The second kappa shape index (κ2) is 9.77. The Labute approximate surface area is 199 Å². The number of carbonyl (C=O) groups is 1. The van der Waals surface area contributed by atoms with Gasteiger partial charge >= 0.3 is 6.03 Å². The minimum absolute atomic E-state index is 0.0932. The van der Waals surface area contributed by atoms with Gasteiger partial charge in [0.2, 0.25) is 0 Å². The van der Waals surface area contributed by atoms with E-state index in [0.29, 0.717) is 36.6 Å². The van der Waals surface area contributed by atoms with Crippen LogP contribution in [-0.4, -0.2) is 38.3 Å². The number of urea groups is 1. The second-order valence-electron chi connectivity index (χ2n) is 7.86. The molecule has 0 radical (unpaired) electrons. The molecule has 1 fully saturated rings. The van der Waals surface area contributed by atoms with Crippen molar-refractivity contribution in [3.63, 3.8) is 0 Å². The molecule has 1 aliphatic rings. The zero-order chi connectivity index (χ0) is 23.4. The predicted molar refractivity (Wildman–Crippen MR) is 131 cm³/mol. The maximum Gasteiger partial charge on any atom is 0.330 e. The van der Waals surface area contributed by atoms with E-state index in [0.717, 1.165) is 11.1 Å². The number of halogens is 1. The van der Waals surface area contributed by atoms with Crippen molar-refractivity contribution in [1.29, 1.82) is 0 Å². The lowest BCUT2D eigenvalue weighted by molar-refractivity contribution is 0.206. The first-order chi connectivity index (χ1) is 15.8. The van der Waals surface area contributed by atoms with Gasteiger partial charge in [-0.3, -0.25) is 0 Å². The number of amides is 2. The number of aryl methyl sites for hydroxylation is 1. The molecule has 2 amide bonds. The van der Waals surface area contributed by atoms with E-state index in [1.54, 1.807) is 41.3 Å². The molecule has 0 atom stereocenters. The van der Waals surface area contributed by atoms with E-state index in [-0.39, 0.29) is 16.8 Å². The summed E-state index contributed by atoms with van der Waals surface area (Å²) in [5.74, 6) is 0.193. The number of nitrogens with zero attached hydrogens (tertiary/aromatic N) is 3. The van der Waals surface area contributed by atoms with Crippen LogP contribution in [0.1, 0.15) is 17.5 Å². The molecule has 0 unspecified atom stereocenters. The third kappa shape index (κ3) is 5.43. The SMILES string of the molecule is Cc1ccc(S(=O)(=O)N=C2CCN(CCc3ccccc3)C(=O)N2c2ccc(Cl)cc2)cc1. The third-order valence-corrected chi connectivity index (χ3v) is 7.04. The van der Waals surface area contributed by atoms with Gasteiger partial charge in [-0.1, -0.05) is 59.6 Å². The molecule has 1 saturated heterocycles. The highest BCUT2D eigenvalue weighted by atomic mass is 35.5. The van der Waals surface area contributed by atoms with Crippen LogP contribution < -0.4 is 4.90 Å². The van der Waals surface area contributed by atoms with Crippen LogP contribution >= 0.6 is 11.6 Å². The van der Waals surface area contributed by atoms with E-state index in [1.165, 1.54) is 17.0 Å². The van der Waals surface area contributed by atoms with Crippen molar-refractivity contribution in [2.24, 2.45) is 4.40 Å². The number of rotatable bonds is 6. The summed E-state index contributed by atoms with van der Waals surface area (Å²) in [6.07, 6.45) is 1.02. The molecule has 4 rings (SSSR count). The van der Waals surface area contributed by atoms with Crippen LogP contribution in [0.15, 0.2) is 88.2 Å². The van der Waals surface area contributed by atoms with Crippen molar-refractivity contribution < 1.29 is 13.2 Å². The minimum Gasteiger partial charge on any atom is -0.323 e. The molecule has 0 spiro atoms. The molecule has 6 nitrogen and oxygen atoms in total. The van der Waals surface area contributed by atoms with E-state index in [4.69, 9.17) is 11.6 Å². The van der Waals surface area contributed by atoms with Crippen molar-refractivity contribution in [3.8, 4) is 0 Å². The Morgan fingerprint density at radius 1 is 0.939 bits per heavy atom. The first kappa shape index (κ1) is 23.0. The summed E-state index contributed by atoms with van der Waals surface area (Å²) in [5.41, 5.74) is 2.60. The van der Waals surface area contributed by atoms with E-state index in [9.17, 15) is 13.2 Å². The van der Waals surface area contributed by atoms with E-state index in [2.05, 4.69) is 4.40 Å². The number of amidine groups is 1. The van der Waals surface area contributed by atoms with Gasteiger partial charge in [0, 0.05) is 24.5 Å². The van der Waals surface area contributed by atoms with Crippen LogP contribution in [0.4, 0.5) is 10.5 Å². The molecule has 1 heterocycles. The molecule has 0 aliphatic carbocycles. The van der Waals surface area contributed by atoms with Crippen LogP contribution in [-0.2, 0) is 16.4 Å². The summed E-state index contributed by atoms with van der Waals surface area (Å²) in [5, 5.41) is 0.523. The Bertz CT molecular complexity index is 1260. The molecule has 0 saturated carbocycles.